The average Bonchev–Trinajstić information content (AvgIpc) is 2.64. The Bertz CT molecular complexity index is 450. The van der Waals surface area contributed by atoms with Crippen LogP contribution in [-0.4, -0.2) is 44.4 Å². The highest BCUT2D eigenvalue weighted by Gasteiger charge is 2.28. The molecule has 0 saturated carbocycles. The third kappa shape index (κ3) is 3.47. The van der Waals surface area contributed by atoms with E-state index in [1.807, 2.05) is 31.5 Å². The average molecular weight is 267 g/mol. The highest BCUT2D eigenvalue weighted by atomic mass is 16.6. The highest BCUT2D eigenvalue weighted by Crippen LogP contribution is 2.18. The molecule has 1 amide bonds. The number of carbonyl (C=O) groups is 1. The van der Waals surface area contributed by atoms with Crippen LogP contribution in [0.4, 0.5) is 4.79 Å². The van der Waals surface area contributed by atoms with Crippen molar-refractivity contribution in [2.75, 3.05) is 13.2 Å². The molecule has 1 atom stereocenters. The van der Waals surface area contributed by atoms with Crippen LogP contribution in [0.1, 0.15) is 26.6 Å². The summed E-state index contributed by atoms with van der Waals surface area (Å²) in [6, 6.07) is 0. The minimum atomic E-state index is -0.520. The standard InChI is InChI=1S/C13H21N3O3/c1-13(2,3)19-12(18)16-7-10(9-17)6-15-5-4-14-11(15)8-16/h4-5,10,17H,6-9H2,1-3H3/t10-/m1/s1. The van der Waals surface area contributed by atoms with Gasteiger partial charge in [-0.2, -0.15) is 0 Å². The Morgan fingerprint density at radius 2 is 2.26 bits per heavy atom. The number of imidazole rings is 1. The first-order chi connectivity index (χ1) is 8.89. The number of fused-ring (bicyclic) bond motifs is 1. The number of aromatic nitrogens is 2. The molecule has 6 nitrogen and oxygen atoms in total. The van der Waals surface area contributed by atoms with E-state index in [1.54, 1.807) is 11.1 Å². The summed E-state index contributed by atoms with van der Waals surface area (Å²) in [4.78, 5) is 18.0. The lowest BCUT2D eigenvalue weighted by Gasteiger charge is -2.27. The normalized spacial score (nSPS) is 19.8. The molecule has 0 unspecified atom stereocenters. The van der Waals surface area contributed by atoms with Crippen molar-refractivity contribution in [3.8, 4) is 0 Å². The monoisotopic (exact) mass is 267 g/mol. The summed E-state index contributed by atoms with van der Waals surface area (Å²) >= 11 is 0. The lowest BCUT2D eigenvalue weighted by molar-refractivity contribution is 0.0190. The van der Waals surface area contributed by atoms with E-state index in [4.69, 9.17) is 4.74 Å². The van der Waals surface area contributed by atoms with Crippen LogP contribution in [-0.2, 0) is 17.8 Å². The summed E-state index contributed by atoms with van der Waals surface area (Å²) in [6.07, 6.45) is 3.22. The lowest BCUT2D eigenvalue weighted by atomic mass is 10.1. The quantitative estimate of drug-likeness (QED) is 0.831. The molecule has 106 valence electrons. The first-order valence-electron chi connectivity index (χ1n) is 6.48. The predicted octanol–water partition coefficient (Wildman–Crippen LogP) is 1.24. The molecule has 1 aromatic rings. The van der Waals surface area contributed by atoms with Crippen LogP contribution in [0, 0.1) is 5.92 Å². The Hall–Kier alpha value is -1.56. The van der Waals surface area contributed by atoms with Gasteiger partial charge in [0, 0.05) is 38.0 Å². The molecular formula is C13H21N3O3. The number of aliphatic hydroxyl groups is 1. The largest absolute Gasteiger partial charge is 0.444 e. The molecule has 1 aliphatic heterocycles. The van der Waals surface area contributed by atoms with Crippen LogP contribution in [0.3, 0.4) is 0 Å². The second-order valence-corrected chi connectivity index (χ2v) is 5.91. The summed E-state index contributed by atoms with van der Waals surface area (Å²) in [5, 5.41) is 9.40. The smallest absolute Gasteiger partial charge is 0.410 e. The van der Waals surface area contributed by atoms with Gasteiger partial charge in [0.2, 0.25) is 0 Å². The molecule has 0 radical (unpaired) electrons. The van der Waals surface area contributed by atoms with Crippen molar-refractivity contribution in [1.29, 1.82) is 0 Å². The van der Waals surface area contributed by atoms with Crippen LogP contribution >= 0.6 is 0 Å². The molecule has 0 saturated heterocycles. The maximum absolute atomic E-state index is 12.1. The van der Waals surface area contributed by atoms with Crippen molar-refractivity contribution in [2.24, 2.45) is 5.92 Å². The molecule has 19 heavy (non-hydrogen) atoms. The summed E-state index contributed by atoms with van der Waals surface area (Å²) in [7, 11) is 0. The minimum absolute atomic E-state index is 0.00275. The summed E-state index contributed by atoms with van der Waals surface area (Å²) in [5.41, 5.74) is -0.520. The van der Waals surface area contributed by atoms with E-state index < -0.39 is 5.60 Å². The molecular weight excluding hydrogens is 246 g/mol. The number of nitrogens with zero attached hydrogens (tertiary/aromatic N) is 3. The highest BCUT2D eigenvalue weighted by molar-refractivity contribution is 5.68. The molecule has 1 N–H and O–H groups in total. The third-order valence-corrected chi connectivity index (χ3v) is 2.98. The van der Waals surface area contributed by atoms with Crippen molar-refractivity contribution in [2.45, 2.75) is 39.5 Å². The number of aliphatic hydroxyl groups excluding tert-OH is 1. The summed E-state index contributed by atoms with van der Waals surface area (Å²) in [5.74, 6) is 0.824. The van der Waals surface area contributed by atoms with E-state index in [2.05, 4.69) is 4.98 Å². The van der Waals surface area contributed by atoms with Gasteiger partial charge in [0.25, 0.3) is 0 Å². The molecule has 1 aliphatic rings. The van der Waals surface area contributed by atoms with E-state index >= 15 is 0 Å². The van der Waals surface area contributed by atoms with Crippen LogP contribution in [0.5, 0.6) is 0 Å². The van der Waals surface area contributed by atoms with E-state index in [-0.39, 0.29) is 18.6 Å². The molecule has 0 spiro atoms. The van der Waals surface area contributed by atoms with E-state index in [1.165, 1.54) is 0 Å². The number of hydrogen-bond acceptors (Lipinski definition) is 4. The number of carbonyl (C=O) groups excluding carboxylic acids is 1. The van der Waals surface area contributed by atoms with Gasteiger partial charge in [-0.15, -0.1) is 0 Å². The minimum Gasteiger partial charge on any atom is -0.444 e. The van der Waals surface area contributed by atoms with Gasteiger partial charge in [0.1, 0.15) is 11.4 Å². The molecule has 0 aliphatic carbocycles. The van der Waals surface area contributed by atoms with E-state index in [0.717, 1.165) is 5.82 Å². The molecule has 0 aromatic carbocycles. The van der Waals surface area contributed by atoms with Crippen LogP contribution in [0.25, 0.3) is 0 Å². The van der Waals surface area contributed by atoms with Gasteiger partial charge in [0.05, 0.1) is 6.54 Å². The Labute approximate surface area is 113 Å². The number of hydrogen-bond donors (Lipinski definition) is 1. The van der Waals surface area contributed by atoms with Crippen LogP contribution in [0.15, 0.2) is 12.4 Å². The van der Waals surface area contributed by atoms with Crippen LogP contribution < -0.4 is 0 Å². The maximum Gasteiger partial charge on any atom is 0.410 e. The Morgan fingerprint density at radius 3 is 2.89 bits per heavy atom. The van der Waals surface area contributed by atoms with Crippen molar-refractivity contribution in [3.05, 3.63) is 18.2 Å². The first kappa shape index (κ1) is 13.9. The Balaban J connectivity index is 2.15. The van der Waals surface area contributed by atoms with Gasteiger partial charge in [0.15, 0.2) is 0 Å². The molecule has 2 heterocycles. The zero-order chi connectivity index (χ0) is 14.0. The second-order valence-electron chi connectivity index (χ2n) is 5.91. The number of amides is 1. The van der Waals surface area contributed by atoms with Crippen molar-refractivity contribution < 1.29 is 14.6 Å². The molecule has 0 fully saturated rings. The number of ether oxygens (including phenoxy) is 1. The fourth-order valence-corrected chi connectivity index (χ4v) is 2.12. The van der Waals surface area contributed by atoms with Gasteiger partial charge in [-0.1, -0.05) is 0 Å². The SMILES string of the molecule is CC(C)(C)OC(=O)N1Cc2nccn2C[C@@H](CO)C1. The Morgan fingerprint density at radius 1 is 1.53 bits per heavy atom. The number of rotatable bonds is 1. The zero-order valence-electron chi connectivity index (χ0n) is 11.7. The van der Waals surface area contributed by atoms with Gasteiger partial charge in [-0.25, -0.2) is 9.78 Å². The Kier molecular flexibility index (Phi) is 3.80. The zero-order valence-corrected chi connectivity index (χ0v) is 11.7. The summed E-state index contributed by atoms with van der Waals surface area (Å²) < 4.78 is 7.36. The van der Waals surface area contributed by atoms with Gasteiger partial charge in [-0.05, 0) is 20.8 Å². The third-order valence-electron chi connectivity index (χ3n) is 2.98. The summed E-state index contributed by atoms with van der Waals surface area (Å²) in [6.45, 7) is 7.13. The molecule has 1 aromatic heterocycles. The fourth-order valence-electron chi connectivity index (χ4n) is 2.12. The van der Waals surface area contributed by atoms with E-state index in [0.29, 0.717) is 19.6 Å². The van der Waals surface area contributed by atoms with Crippen molar-refractivity contribution in [1.82, 2.24) is 14.5 Å². The molecule has 6 heteroatoms. The fraction of sp³-hybridized carbons (Fsp3) is 0.692. The molecule has 2 rings (SSSR count). The maximum atomic E-state index is 12.1. The van der Waals surface area contributed by atoms with Gasteiger partial charge >= 0.3 is 6.09 Å². The van der Waals surface area contributed by atoms with Gasteiger partial charge < -0.3 is 19.3 Å². The molecule has 0 bridgehead atoms. The lowest BCUT2D eigenvalue weighted by Crippen LogP contribution is -2.39. The van der Waals surface area contributed by atoms with Crippen molar-refractivity contribution in [3.63, 3.8) is 0 Å². The first-order valence-corrected chi connectivity index (χ1v) is 6.48. The van der Waals surface area contributed by atoms with Gasteiger partial charge in [-0.3, -0.25) is 0 Å². The van der Waals surface area contributed by atoms with E-state index in [9.17, 15) is 9.90 Å². The predicted molar refractivity (Wildman–Crippen MR) is 69.4 cm³/mol. The topological polar surface area (TPSA) is 67.6 Å². The second kappa shape index (κ2) is 5.21. The van der Waals surface area contributed by atoms with Crippen molar-refractivity contribution >= 4 is 6.09 Å². The van der Waals surface area contributed by atoms with Crippen LogP contribution in [0.2, 0.25) is 0 Å².